The smallest absolute Gasteiger partial charge is 0.254 e. The molecule has 1 aromatic heterocycles. The van der Waals surface area contributed by atoms with Crippen LogP contribution in [0.25, 0.3) is 11.1 Å². The number of ether oxygens (including phenoxy) is 1. The van der Waals surface area contributed by atoms with Crippen LogP contribution in [0.1, 0.15) is 55.8 Å². The van der Waals surface area contributed by atoms with Crippen molar-refractivity contribution in [2.75, 3.05) is 39.3 Å². The van der Waals surface area contributed by atoms with Gasteiger partial charge in [0.2, 0.25) is 5.88 Å². The fourth-order valence-electron chi connectivity index (χ4n) is 5.69. The molecule has 1 saturated carbocycles. The van der Waals surface area contributed by atoms with Crippen LogP contribution in [0, 0.1) is 22.1 Å². The highest BCUT2D eigenvalue weighted by Gasteiger charge is 2.34. The van der Waals surface area contributed by atoms with Crippen LogP contribution in [0.5, 0.6) is 5.88 Å². The van der Waals surface area contributed by atoms with Crippen LogP contribution < -0.4 is 4.74 Å². The molecule has 1 atom stereocenters. The maximum absolute atomic E-state index is 14.9. The van der Waals surface area contributed by atoms with E-state index in [9.17, 15) is 14.1 Å². The lowest BCUT2D eigenvalue weighted by molar-refractivity contribution is 0.0561. The fraction of sp³-hybridized carbons (Fsp3) is 0.571. The lowest BCUT2D eigenvalue weighted by Crippen LogP contribution is -2.44. The third kappa shape index (κ3) is 5.59. The van der Waals surface area contributed by atoms with Crippen molar-refractivity contribution in [3.63, 3.8) is 0 Å². The van der Waals surface area contributed by atoms with E-state index in [2.05, 4.69) is 22.0 Å². The molecule has 1 amide bonds. The van der Waals surface area contributed by atoms with Gasteiger partial charge in [-0.3, -0.25) is 4.79 Å². The summed E-state index contributed by atoms with van der Waals surface area (Å²) in [4.78, 5) is 31.9. The minimum absolute atomic E-state index is 0.267. The number of halogens is 1. The summed E-state index contributed by atoms with van der Waals surface area (Å²) in [6, 6.07) is 7.66. The first-order valence-electron chi connectivity index (χ1n) is 13.2. The third-order valence-corrected chi connectivity index (χ3v) is 8.20. The minimum Gasteiger partial charge on any atom is -0.477 e. The molecule has 0 N–H and O–H groups in total. The lowest BCUT2D eigenvalue weighted by Gasteiger charge is -2.44. The molecule has 3 fully saturated rings. The first-order valence-corrected chi connectivity index (χ1v) is 13.2. The minimum atomic E-state index is -0.483. The van der Waals surface area contributed by atoms with Crippen molar-refractivity contribution >= 4 is 5.91 Å². The average Bonchev–Trinajstić information content (AvgIpc) is 3.37. The first-order chi connectivity index (χ1) is 17.4. The van der Waals surface area contributed by atoms with E-state index in [1.165, 1.54) is 31.9 Å². The SMILES string of the molecule is CC1(CN2CCC(COc3ccc(-c4ccc(C(=O)N5CC[C@H](N=O)C5)cc4F)cn3)CC2)CCC1. The molecule has 192 valence electrons. The van der Waals surface area contributed by atoms with Crippen molar-refractivity contribution < 1.29 is 13.9 Å². The summed E-state index contributed by atoms with van der Waals surface area (Å²) in [5.74, 6) is 0.315. The Bertz CT molecular complexity index is 1080. The van der Waals surface area contributed by atoms with Crippen LogP contribution in [0.3, 0.4) is 0 Å². The van der Waals surface area contributed by atoms with E-state index in [1.54, 1.807) is 35.4 Å². The molecule has 1 aliphatic carbocycles. The number of likely N-dealkylation sites (tertiary alicyclic amines) is 2. The fourth-order valence-corrected chi connectivity index (χ4v) is 5.69. The number of nitrogens with zero attached hydrogens (tertiary/aromatic N) is 4. The summed E-state index contributed by atoms with van der Waals surface area (Å²) in [7, 11) is 0. The molecular weight excluding hydrogens is 459 g/mol. The van der Waals surface area contributed by atoms with Gasteiger partial charge in [0.1, 0.15) is 11.9 Å². The molecule has 36 heavy (non-hydrogen) atoms. The highest BCUT2D eigenvalue weighted by molar-refractivity contribution is 5.95. The standard InChI is InChI=1S/C28H35FN4O3/c1-28(10-2-11-28)19-32-12-7-20(8-13-32)18-36-26-6-4-22(16-30-26)24-5-3-21(15-25(24)29)27(34)33-14-9-23(17-33)31-35/h3-6,15-16,20,23H,2,7-14,17-19H2,1H3/t23-/m0/s1. The van der Waals surface area contributed by atoms with Gasteiger partial charge in [0.05, 0.1) is 6.61 Å². The normalized spacial score (nSPS) is 22.3. The van der Waals surface area contributed by atoms with Gasteiger partial charge in [-0.05, 0) is 74.7 Å². The predicted octanol–water partition coefficient (Wildman–Crippen LogP) is 5.15. The zero-order valence-corrected chi connectivity index (χ0v) is 21.0. The van der Waals surface area contributed by atoms with Gasteiger partial charge in [-0.1, -0.05) is 24.6 Å². The first kappa shape index (κ1) is 24.8. The largest absolute Gasteiger partial charge is 0.477 e. The number of hydrogen-bond acceptors (Lipinski definition) is 6. The third-order valence-electron chi connectivity index (χ3n) is 8.20. The van der Waals surface area contributed by atoms with Crippen molar-refractivity contribution in [3.8, 4) is 17.0 Å². The van der Waals surface area contributed by atoms with Crippen LogP contribution in [0.2, 0.25) is 0 Å². The van der Waals surface area contributed by atoms with Gasteiger partial charge < -0.3 is 14.5 Å². The Kier molecular flexibility index (Phi) is 7.32. The van der Waals surface area contributed by atoms with Crippen LogP contribution >= 0.6 is 0 Å². The molecule has 0 unspecified atom stereocenters. The number of pyridine rings is 1. The molecule has 3 aliphatic rings. The molecule has 3 heterocycles. The predicted molar refractivity (Wildman–Crippen MR) is 136 cm³/mol. The number of amides is 1. The second kappa shape index (κ2) is 10.6. The summed E-state index contributed by atoms with van der Waals surface area (Å²) >= 11 is 0. The molecule has 2 aliphatic heterocycles. The Balaban J connectivity index is 1.12. The Labute approximate surface area is 212 Å². The number of nitroso groups, excluding NO2 is 1. The van der Waals surface area contributed by atoms with Gasteiger partial charge in [-0.15, -0.1) is 0 Å². The Hall–Kier alpha value is -2.87. The van der Waals surface area contributed by atoms with E-state index in [-0.39, 0.29) is 24.1 Å². The second-order valence-corrected chi connectivity index (χ2v) is 11.1. The quantitative estimate of drug-likeness (QED) is 0.475. The molecule has 2 aromatic rings. The van der Waals surface area contributed by atoms with Gasteiger partial charge in [-0.2, -0.15) is 4.91 Å². The van der Waals surface area contributed by atoms with Crippen molar-refractivity contribution in [2.24, 2.45) is 16.5 Å². The Morgan fingerprint density at radius 2 is 1.97 bits per heavy atom. The van der Waals surface area contributed by atoms with Crippen molar-refractivity contribution in [2.45, 2.75) is 51.5 Å². The zero-order chi connectivity index (χ0) is 25.1. The van der Waals surface area contributed by atoms with Gasteiger partial charge in [0, 0.05) is 48.6 Å². The van der Waals surface area contributed by atoms with Crippen molar-refractivity contribution in [3.05, 3.63) is 52.8 Å². The molecule has 0 spiro atoms. The van der Waals surface area contributed by atoms with Crippen molar-refractivity contribution in [1.29, 1.82) is 0 Å². The number of aromatic nitrogens is 1. The number of rotatable bonds is 8. The lowest BCUT2D eigenvalue weighted by atomic mass is 9.70. The molecular formula is C28H35FN4O3. The topological polar surface area (TPSA) is 75.1 Å². The van der Waals surface area contributed by atoms with Crippen LogP contribution in [0.4, 0.5) is 4.39 Å². The molecule has 0 radical (unpaired) electrons. The van der Waals surface area contributed by atoms with E-state index < -0.39 is 5.82 Å². The molecule has 0 bridgehead atoms. The number of carbonyl (C=O) groups excluding carboxylic acids is 1. The number of piperidine rings is 1. The molecule has 7 nitrogen and oxygen atoms in total. The summed E-state index contributed by atoms with van der Waals surface area (Å²) in [6.45, 7) is 7.32. The zero-order valence-electron chi connectivity index (χ0n) is 21.0. The number of carbonyl (C=O) groups is 1. The van der Waals surface area contributed by atoms with E-state index in [4.69, 9.17) is 4.74 Å². The second-order valence-electron chi connectivity index (χ2n) is 11.1. The maximum atomic E-state index is 14.9. The van der Waals surface area contributed by atoms with E-state index in [0.29, 0.717) is 47.9 Å². The average molecular weight is 495 g/mol. The highest BCUT2D eigenvalue weighted by atomic mass is 19.1. The van der Waals surface area contributed by atoms with Gasteiger partial charge >= 0.3 is 0 Å². The summed E-state index contributed by atoms with van der Waals surface area (Å²) in [5, 5.41) is 3.01. The van der Waals surface area contributed by atoms with Crippen molar-refractivity contribution in [1.82, 2.24) is 14.8 Å². The van der Waals surface area contributed by atoms with Crippen LogP contribution in [0.15, 0.2) is 41.7 Å². The number of benzene rings is 1. The summed E-state index contributed by atoms with van der Waals surface area (Å²) < 4.78 is 20.8. The van der Waals surface area contributed by atoms with Crippen LogP contribution in [-0.2, 0) is 0 Å². The van der Waals surface area contributed by atoms with E-state index in [0.717, 1.165) is 25.9 Å². The van der Waals surface area contributed by atoms with Gasteiger partial charge in [0.15, 0.2) is 0 Å². The monoisotopic (exact) mass is 494 g/mol. The number of hydrogen-bond donors (Lipinski definition) is 0. The van der Waals surface area contributed by atoms with Crippen LogP contribution in [-0.4, -0.2) is 66.1 Å². The maximum Gasteiger partial charge on any atom is 0.254 e. The molecule has 5 rings (SSSR count). The summed E-state index contributed by atoms with van der Waals surface area (Å²) in [6.07, 6.45) is 8.56. The van der Waals surface area contributed by atoms with Gasteiger partial charge in [-0.25, -0.2) is 9.37 Å². The van der Waals surface area contributed by atoms with E-state index >= 15 is 0 Å². The van der Waals surface area contributed by atoms with Gasteiger partial charge in [0.25, 0.3) is 5.91 Å². The Morgan fingerprint density at radius 3 is 2.58 bits per heavy atom. The molecule has 1 aromatic carbocycles. The molecule has 2 saturated heterocycles. The Morgan fingerprint density at radius 1 is 1.17 bits per heavy atom. The molecule has 8 heteroatoms. The highest BCUT2D eigenvalue weighted by Crippen LogP contribution is 2.41. The summed E-state index contributed by atoms with van der Waals surface area (Å²) in [5.41, 5.74) is 1.81. The van der Waals surface area contributed by atoms with E-state index in [1.807, 2.05) is 0 Å².